The topological polar surface area (TPSA) is 26.0 Å². The molecule has 0 aromatic heterocycles. The smallest absolute Gasteiger partial charge is 0.0178 e. The van der Waals surface area contributed by atoms with Crippen molar-refractivity contribution in [3.63, 3.8) is 0 Å². The van der Waals surface area contributed by atoms with Crippen molar-refractivity contribution >= 4 is 15.9 Å². The van der Waals surface area contributed by atoms with Crippen molar-refractivity contribution in [2.24, 2.45) is 5.73 Å². The Balaban J connectivity index is 2.94. The lowest BCUT2D eigenvalue weighted by Gasteiger charge is -2.19. The highest BCUT2D eigenvalue weighted by atomic mass is 79.9. The third-order valence-electron chi connectivity index (χ3n) is 1.96. The maximum absolute atomic E-state index is 5.97. The van der Waals surface area contributed by atoms with Crippen molar-refractivity contribution in [3.8, 4) is 0 Å². The highest BCUT2D eigenvalue weighted by Crippen LogP contribution is 2.19. The molecule has 72 valence electrons. The number of nitrogens with two attached hydrogens (primary N) is 1. The number of benzene rings is 1. The van der Waals surface area contributed by atoms with Gasteiger partial charge in [0.25, 0.3) is 0 Å². The molecule has 2 N–H and O–H groups in total. The van der Waals surface area contributed by atoms with E-state index in [1.165, 1.54) is 11.1 Å². The van der Waals surface area contributed by atoms with Gasteiger partial charge in [-0.3, -0.25) is 0 Å². The molecule has 0 saturated heterocycles. The Morgan fingerprint density at radius 3 is 2.54 bits per heavy atom. The fourth-order valence-electron chi connectivity index (χ4n) is 1.32. The molecule has 0 atom stereocenters. The van der Waals surface area contributed by atoms with Gasteiger partial charge in [-0.05, 0) is 50.5 Å². The van der Waals surface area contributed by atoms with Crippen LogP contribution in [-0.2, 0) is 6.42 Å². The molecule has 0 heterocycles. The second-order valence-electron chi connectivity index (χ2n) is 4.24. The molecular weight excluding hydrogens is 226 g/mol. The van der Waals surface area contributed by atoms with E-state index in [2.05, 4.69) is 41.1 Å². The predicted octanol–water partition coefficient (Wildman–Crippen LogP) is 3.04. The second-order valence-corrected chi connectivity index (χ2v) is 5.15. The van der Waals surface area contributed by atoms with Gasteiger partial charge in [-0.15, -0.1) is 0 Å². The molecule has 1 aromatic rings. The Hall–Kier alpha value is -0.340. The van der Waals surface area contributed by atoms with Crippen molar-refractivity contribution in [2.45, 2.75) is 32.7 Å². The van der Waals surface area contributed by atoms with Gasteiger partial charge in [0.15, 0.2) is 0 Å². The normalized spacial score (nSPS) is 11.8. The van der Waals surface area contributed by atoms with Crippen molar-refractivity contribution in [3.05, 3.63) is 33.8 Å². The van der Waals surface area contributed by atoms with Gasteiger partial charge in [-0.2, -0.15) is 0 Å². The maximum Gasteiger partial charge on any atom is 0.0178 e. The average Bonchev–Trinajstić information content (AvgIpc) is 1.94. The summed E-state index contributed by atoms with van der Waals surface area (Å²) in [7, 11) is 0. The molecule has 0 fully saturated rings. The predicted molar refractivity (Wildman–Crippen MR) is 60.8 cm³/mol. The molecule has 1 nitrogen and oxygen atoms in total. The van der Waals surface area contributed by atoms with E-state index < -0.39 is 0 Å². The van der Waals surface area contributed by atoms with Crippen LogP contribution >= 0.6 is 15.9 Å². The Bertz CT molecular complexity index is 299. The molecule has 0 amide bonds. The molecular formula is C11H16BrN. The third kappa shape index (κ3) is 3.49. The van der Waals surface area contributed by atoms with Crippen molar-refractivity contribution in [1.82, 2.24) is 0 Å². The lowest BCUT2D eigenvalue weighted by Crippen LogP contribution is -2.34. The monoisotopic (exact) mass is 241 g/mol. The summed E-state index contributed by atoms with van der Waals surface area (Å²) in [5.74, 6) is 0. The van der Waals surface area contributed by atoms with Crippen molar-refractivity contribution < 1.29 is 0 Å². The van der Waals surface area contributed by atoms with Crippen LogP contribution in [0.15, 0.2) is 22.7 Å². The van der Waals surface area contributed by atoms with Gasteiger partial charge in [0.1, 0.15) is 0 Å². The zero-order valence-electron chi connectivity index (χ0n) is 8.39. The first-order valence-corrected chi connectivity index (χ1v) is 5.22. The molecule has 0 saturated carbocycles. The number of rotatable bonds is 2. The summed E-state index contributed by atoms with van der Waals surface area (Å²) < 4.78 is 1.12. The summed E-state index contributed by atoms with van der Waals surface area (Å²) in [5.41, 5.74) is 8.47. The Labute approximate surface area is 88.5 Å². The SMILES string of the molecule is Cc1ccc(Br)cc1CC(C)(C)N. The number of hydrogen-bond donors (Lipinski definition) is 1. The largest absolute Gasteiger partial charge is 0.325 e. The Morgan fingerprint density at radius 2 is 2.00 bits per heavy atom. The zero-order valence-corrected chi connectivity index (χ0v) is 9.98. The summed E-state index contributed by atoms with van der Waals surface area (Å²) >= 11 is 3.46. The summed E-state index contributed by atoms with van der Waals surface area (Å²) in [6, 6.07) is 6.32. The van der Waals surface area contributed by atoms with E-state index in [9.17, 15) is 0 Å². The van der Waals surface area contributed by atoms with Crippen LogP contribution in [-0.4, -0.2) is 5.54 Å². The van der Waals surface area contributed by atoms with Crippen LogP contribution in [0.2, 0.25) is 0 Å². The quantitative estimate of drug-likeness (QED) is 0.847. The molecule has 13 heavy (non-hydrogen) atoms. The minimum absolute atomic E-state index is 0.133. The van der Waals surface area contributed by atoms with Crippen LogP contribution in [0.1, 0.15) is 25.0 Å². The fraction of sp³-hybridized carbons (Fsp3) is 0.455. The van der Waals surface area contributed by atoms with E-state index in [1.54, 1.807) is 0 Å². The van der Waals surface area contributed by atoms with Crippen LogP contribution in [0.25, 0.3) is 0 Å². The first kappa shape index (κ1) is 10.7. The Kier molecular flexibility index (Phi) is 3.14. The molecule has 0 aliphatic heterocycles. The molecule has 1 rings (SSSR count). The highest BCUT2D eigenvalue weighted by molar-refractivity contribution is 9.10. The van der Waals surface area contributed by atoms with Crippen LogP contribution < -0.4 is 5.73 Å². The van der Waals surface area contributed by atoms with E-state index in [0.717, 1.165) is 10.9 Å². The third-order valence-corrected chi connectivity index (χ3v) is 2.45. The molecule has 0 aliphatic carbocycles. The van der Waals surface area contributed by atoms with Crippen LogP contribution in [0.3, 0.4) is 0 Å². The van der Waals surface area contributed by atoms with Gasteiger partial charge < -0.3 is 5.73 Å². The molecule has 0 unspecified atom stereocenters. The van der Waals surface area contributed by atoms with Crippen molar-refractivity contribution in [2.75, 3.05) is 0 Å². The second kappa shape index (κ2) is 3.81. The molecule has 0 bridgehead atoms. The molecule has 0 spiro atoms. The molecule has 0 radical (unpaired) electrons. The number of hydrogen-bond acceptors (Lipinski definition) is 1. The van der Waals surface area contributed by atoms with Crippen LogP contribution in [0.5, 0.6) is 0 Å². The maximum atomic E-state index is 5.97. The fourth-order valence-corrected chi connectivity index (χ4v) is 1.73. The first-order chi connectivity index (χ1) is 5.88. The van der Waals surface area contributed by atoms with E-state index in [-0.39, 0.29) is 5.54 Å². The molecule has 0 aliphatic rings. The van der Waals surface area contributed by atoms with E-state index >= 15 is 0 Å². The molecule has 2 heteroatoms. The summed E-state index contributed by atoms with van der Waals surface area (Å²) in [4.78, 5) is 0. The van der Waals surface area contributed by atoms with Crippen molar-refractivity contribution in [1.29, 1.82) is 0 Å². The van der Waals surface area contributed by atoms with E-state index in [1.807, 2.05) is 13.8 Å². The Morgan fingerprint density at radius 1 is 1.38 bits per heavy atom. The van der Waals surface area contributed by atoms with E-state index in [0.29, 0.717) is 0 Å². The first-order valence-electron chi connectivity index (χ1n) is 4.42. The van der Waals surface area contributed by atoms with Crippen LogP contribution in [0, 0.1) is 6.92 Å². The number of halogens is 1. The van der Waals surface area contributed by atoms with Gasteiger partial charge >= 0.3 is 0 Å². The van der Waals surface area contributed by atoms with Gasteiger partial charge in [0.05, 0.1) is 0 Å². The van der Waals surface area contributed by atoms with Gasteiger partial charge in [0.2, 0.25) is 0 Å². The van der Waals surface area contributed by atoms with Gasteiger partial charge in [-0.1, -0.05) is 22.0 Å². The number of aryl methyl sites for hydroxylation is 1. The lowest BCUT2D eigenvalue weighted by molar-refractivity contribution is 0.515. The minimum atomic E-state index is -0.133. The van der Waals surface area contributed by atoms with Gasteiger partial charge in [0, 0.05) is 10.0 Å². The summed E-state index contributed by atoms with van der Waals surface area (Å²) in [6.45, 7) is 6.22. The summed E-state index contributed by atoms with van der Waals surface area (Å²) in [6.07, 6.45) is 0.915. The van der Waals surface area contributed by atoms with Crippen LogP contribution in [0.4, 0.5) is 0 Å². The van der Waals surface area contributed by atoms with E-state index in [4.69, 9.17) is 5.73 Å². The highest BCUT2D eigenvalue weighted by Gasteiger charge is 2.13. The van der Waals surface area contributed by atoms with Gasteiger partial charge in [-0.25, -0.2) is 0 Å². The summed E-state index contributed by atoms with van der Waals surface area (Å²) in [5, 5.41) is 0. The average molecular weight is 242 g/mol. The minimum Gasteiger partial charge on any atom is -0.325 e. The molecule has 1 aromatic carbocycles. The lowest BCUT2D eigenvalue weighted by atomic mass is 9.93. The zero-order chi connectivity index (χ0) is 10.1. The standard InChI is InChI=1S/C11H16BrN/c1-8-4-5-10(12)6-9(8)7-11(2,3)13/h4-6H,7,13H2,1-3H3.